The molecule has 0 radical (unpaired) electrons. The molecule has 2 rings (SSSR count). The minimum Gasteiger partial charge on any atom is -0.493 e. The van der Waals surface area contributed by atoms with Gasteiger partial charge < -0.3 is 20.1 Å². The smallest absolute Gasteiger partial charge is 0.325 e. The van der Waals surface area contributed by atoms with Gasteiger partial charge in [-0.1, -0.05) is 19.4 Å². The van der Waals surface area contributed by atoms with Gasteiger partial charge in [0.05, 0.1) is 14.2 Å². The van der Waals surface area contributed by atoms with E-state index in [4.69, 9.17) is 9.47 Å². The van der Waals surface area contributed by atoms with Crippen LogP contribution in [0.15, 0.2) is 18.2 Å². The average molecular weight is 363 g/mol. The molecule has 1 fully saturated rings. The van der Waals surface area contributed by atoms with Gasteiger partial charge in [-0.3, -0.25) is 14.5 Å². The topological polar surface area (TPSA) is 97.0 Å². The maximum atomic E-state index is 12.1. The molecule has 1 aromatic rings. The Morgan fingerprint density at radius 2 is 1.96 bits per heavy atom. The summed E-state index contributed by atoms with van der Waals surface area (Å²) in [5.41, 5.74) is 0.973. The molecule has 1 heterocycles. The largest absolute Gasteiger partial charge is 0.493 e. The number of nitrogens with one attached hydrogen (secondary N) is 2. The highest BCUT2D eigenvalue weighted by Gasteiger charge is 2.38. The van der Waals surface area contributed by atoms with Crippen molar-refractivity contribution in [3.8, 4) is 11.5 Å². The predicted molar refractivity (Wildman–Crippen MR) is 95.2 cm³/mol. The van der Waals surface area contributed by atoms with Crippen molar-refractivity contribution in [3.05, 3.63) is 23.8 Å². The molecule has 1 atom stereocenters. The first-order valence-electron chi connectivity index (χ1n) is 8.59. The molecule has 26 heavy (non-hydrogen) atoms. The summed E-state index contributed by atoms with van der Waals surface area (Å²) < 4.78 is 10.4. The van der Waals surface area contributed by atoms with Crippen LogP contribution in [0.2, 0.25) is 0 Å². The summed E-state index contributed by atoms with van der Waals surface area (Å²) >= 11 is 0. The molecular weight excluding hydrogens is 338 g/mol. The van der Waals surface area contributed by atoms with Crippen molar-refractivity contribution in [2.45, 2.75) is 32.2 Å². The minimum atomic E-state index is -0.521. The summed E-state index contributed by atoms with van der Waals surface area (Å²) in [6.07, 6.45) is 1.94. The lowest BCUT2D eigenvalue weighted by Crippen LogP contribution is -2.41. The van der Waals surface area contributed by atoms with Crippen molar-refractivity contribution < 1.29 is 23.9 Å². The van der Waals surface area contributed by atoms with Crippen molar-refractivity contribution in [1.29, 1.82) is 0 Å². The Hall–Kier alpha value is -2.77. The number of methoxy groups -OCH3 is 2. The van der Waals surface area contributed by atoms with E-state index < -0.39 is 12.1 Å². The zero-order valence-corrected chi connectivity index (χ0v) is 15.3. The monoisotopic (exact) mass is 363 g/mol. The van der Waals surface area contributed by atoms with Crippen LogP contribution in [0.3, 0.4) is 0 Å². The summed E-state index contributed by atoms with van der Waals surface area (Å²) in [6.45, 7) is 2.05. The standard InChI is InChI=1S/C18H25N3O5/c1-4-5-13-17(23)21(18(24)20-13)11-16(22)19-9-8-12-6-7-14(25-2)15(10-12)26-3/h6-7,10,13H,4-5,8-9,11H2,1-3H3,(H,19,22)(H,20,24)/t13-/m1/s1. The summed E-state index contributed by atoms with van der Waals surface area (Å²) in [6, 6.07) is 4.50. The maximum Gasteiger partial charge on any atom is 0.325 e. The number of benzene rings is 1. The zero-order chi connectivity index (χ0) is 19.1. The van der Waals surface area contributed by atoms with Crippen LogP contribution in [0.5, 0.6) is 11.5 Å². The van der Waals surface area contributed by atoms with Crippen molar-refractivity contribution in [2.24, 2.45) is 0 Å². The number of amides is 4. The molecule has 8 nitrogen and oxygen atoms in total. The Morgan fingerprint density at radius 3 is 2.62 bits per heavy atom. The van der Waals surface area contributed by atoms with Gasteiger partial charge >= 0.3 is 6.03 Å². The molecule has 0 spiro atoms. The summed E-state index contributed by atoms with van der Waals surface area (Å²) in [4.78, 5) is 36.9. The van der Waals surface area contributed by atoms with Gasteiger partial charge in [0.1, 0.15) is 12.6 Å². The Bertz CT molecular complexity index is 677. The summed E-state index contributed by atoms with van der Waals surface area (Å²) in [5.74, 6) is 0.552. The second-order valence-electron chi connectivity index (χ2n) is 6.00. The van der Waals surface area contributed by atoms with Crippen molar-refractivity contribution in [3.63, 3.8) is 0 Å². The minimum absolute atomic E-state index is 0.267. The molecule has 0 aromatic heterocycles. The molecule has 8 heteroatoms. The predicted octanol–water partition coefficient (Wildman–Crippen LogP) is 1.08. The normalized spacial score (nSPS) is 16.4. The molecule has 0 aliphatic carbocycles. The Morgan fingerprint density at radius 1 is 1.23 bits per heavy atom. The lowest BCUT2D eigenvalue weighted by molar-refractivity contribution is -0.132. The van der Waals surface area contributed by atoms with Crippen molar-refractivity contribution >= 4 is 17.8 Å². The van der Waals surface area contributed by atoms with E-state index >= 15 is 0 Å². The molecule has 4 amide bonds. The van der Waals surface area contributed by atoms with Gasteiger partial charge in [-0.15, -0.1) is 0 Å². The number of hydrogen-bond acceptors (Lipinski definition) is 5. The van der Waals surface area contributed by atoms with E-state index in [1.807, 2.05) is 19.1 Å². The average Bonchev–Trinajstić information content (AvgIpc) is 2.89. The molecule has 0 unspecified atom stereocenters. The number of rotatable bonds is 9. The summed E-state index contributed by atoms with van der Waals surface area (Å²) in [7, 11) is 3.13. The van der Waals surface area contributed by atoms with Gasteiger partial charge in [0.15, 0.2) is 11.5 Å². The zero-order valence-electron chi connectivity index (χ0n) is 15.3. The van der Waals surface area contributed by atoms with Crippen LogP contribution in [0.25, 0.3) is 0 Å². The number of imide groups is 1. The molecule has 1 saturated heterocycles. The fourth-order valence-corrected chi connectivity index (χ4v) is 2.79. The van der Waals surface area contributed by atoms with E-state index in [0.717, 1.165) is 16.9 Å². The maximum absolute atomic E-state index is 12.1. The summed E-state index contributed by atoms with van der Waals surface area (Å²) in [5, 5.41) is 5.32. The van der Waals surface area contributed by atoms with E-state index in [1.54, 1.807) is 20.3 Å². The Kier molecular flexibility index (Phi) is 6.82. The highest BCUT2D eigenvalue weighted by atomic mass is 16.5. The number of carbonyl (C=O) groups is 3. The van der Waals surface area contributed by atoms with Gasteiger partial charge in [0.25, 0.3) is 5.91 Å². The molecule has 1 aliphatic heterocycles. The third kappa shape index (κ3) is 4.65. The number of hydrogen-bond donors (Lipinski definition) is 2. The van der Waals surface area contributed by atoms with E-state index in [0.29, 0.717) is 30.9 Å². The second-order valence-corrected chi connectivity index (χ2v) is 6.00. The van der Waals surface area contributed by atoms with Crippen molar-refractivity contribution in [2.75, 3.05) is 27.3 Å². The van der Waals surface area contributed by atoms with Gasteiger partial charge in [-0.05, 0) is 30.5 Å². The molecule has 0 bridgehead atoms. The van der Waals surface area contributed by atoms with E-state index in [1.165, 1.54) is 0 Å². The van der Waals surface area contributed by atoms with E-state index in [9.17, 15) is 14.4 Å². The fraction of sp³-hybridized carbons (Fsp3) is 0.500. The molecule has 1 aromatic carbocycles. The quantitative estimate of drug-likeness (QED) is 0.640. The first-order valence-corrected chi connectivity index (χ1v) is 8.59. The first-order chi connectivity index (χ1) is 12.5. The highest BCUT2D eigenvalue weighted by Crippen LogP contribution is 2.27. The lowest BCUT2D eigenvalue weighted by Gasteiger charge is -2.13. The van der Waals surface area contributed by atoms with Gasteiger partial charge in [0, 0.05) is 6.54 Å². The number of ether oxygens (including phenoxy) is 2. The first kappa shape index (κ1) is 19.6. The molecule has 142 valence electrons. The highest BCUT2D eigenvalue weighted by molar-refractivity contribution is 6.06. The third-order valence-corrected chi connectivity index (χ3v) is 4.17. The third-order valence-electron chi connectivity index (χ3n) is 4.17. The van der Waals surface area contributed by atoms with E-state index in [-0.39, 0.29) is 18.4 Å². The molecule has 1 aliphatic rings. The van der Waals surface area contributed by atoms with Gasteiger partial charge in [-0.25, -0.2) is 4.79 Å². The van der Waals surface area contributed by atoms with Gasteiger partial charge in [0.2, 0.25) is 5.91 Å². The number of carbonyl (C=O) groups excluding carboxylic acids is 3. The Labute approximate surface area is 152 Å². The van der Waals surface area contributed by atoms with Crippen LogP contribution in [-0.2, 0) is 16.0 Å². The lowest BCUT2D eigenvalue weighted by atomic mass is 10.1. The van der Waals surface area contributed by atoms with Gasteiger partial charge in [-0.2, -0.15) is 0 Å². The fourth-order valence-electron chi connectivity index (χ4n) is 2.79. The van der Waals surface area contributed by atoms with Crippen LogP contribution >= 0.6 is 0 Å². The molecule has 0 saturated carbocycles. The Balaban J connectivity index is 1.82. The van der Waals surface area contributed by atoms with Crippen LogP contribution in [0.1, 0.15) is 25.3 Å². The van der Waals surface area contributed by atoms with Crippen LogP contribution < -0.4 is 20.1 Å². The second kappa shape index (κ2) is 9.07. The molecular formula is C18H25N3O5. The SMILES string of the molecule is CCC[C@H]1NC(=O)N(CC(=O)NCCc2ccc(OC)c(OC)c2)C1=O. The molecule has 2 N–H and O–H groups in total. The van der Waals surface area contributed by atoms with Crippen LogP contribution in [0, 0.1) is 0 Å². The van der Waals surface area contributed by atoms with Crippen molar-refractivity contribution in [1.82, 2.24) is 15.5 Å². The van der Waals surface area contributed by atoms with Crippen LogP contribution in [-0.4, -0.2) is 56.1 Å². The number of urea groups is 1. The van der Waals surface area contributed by atoms with Crippen LogP contribution in [0.4, 0.5) is 4.79 Å². The van der Waals surface area contributed by atoms with E-state index in [2.05, 4.69) is 10.6 Å². The number of nitrogens with zero attached hydrogens (tertiary/aromatic N) is 1.